The van der Waals surface area contributed by atoms with Crippen LogP contribution in [-0.4, -0.2) is 53.4 Å². The van der Waals surface area contributed by atoms with Gasteiger partial charge in [0.2, 0.25) is 5.91 Å². The zero-order chi connectivity index (χ0) is 21.7. The van der Waals surface area contributed by atoms with E-state index in [2.05, 4.69) is 17.1 Å². The molecule has 2 aromatic carbocycles. The van der Waals surface area contributed by atoms with E-state index in [-0.39, 0.29) is 36.3 Å². The molecule has 1 aliphatic rings. The van der Waals surface area contributed by atoms with E-state index >= 15 is 0 Å². The van der Waals surface area contributed by atoms with Crippen LogP contribution in [0.3, 0.4) is 0 Å². The Morgan fingerprint density at radius 1 is 1.10 bits per heavy atom. The van der Waals surface area contributed by atoms with Crippen LogP contribution in [0.5, 0.6) is 5.75 Å². The third-order valence-corrected chi connectivity index (χ3v) is 5.25. The number of carbonyl (C=O) groups is 2. The van der Waals surface area contributed by atoms with Gasteiger partial charge in [-0.15, -0.1) is 0 Å². The molecule has 0 bridgehead atoms. The maximum Gasteiger partial charge on any atom is 0.260 e. The minimum Gasteiger partial charge on any atom is -0.484 e. The molecule has 2 unspecified atom stereocenters. The van der Waals surface area contributed by atoms with Gasteiger partial charge in [0.15, 0.2) is 6.61 Å². The fourth-order valence-electron chi connectivity index (χ4n) is 3.69. The van der Waals surface area contributed by atoms with Crippen molar-refractivity contribution in [3.05, 3.63) is 59.9 Å². The van der Waals surface area contributed by atoms with Gasteiger partial charge in [0, 0.05) is 50.4 Å². The number of anilines is 1. The second-order valence-corrected chi connectivity index (χ2v) is 7.80. The van der Waals surface area contributed by atoms with Gasteiger partial charge >= 0.3 is 0 Å². The van der Waals surface area contributed by atoms with E-state index in [0.29, 0.717) is 18.0 Å². The number of halogens is 1. The molecule has 0 spiro atoms. The van der Waals surface area contributed by atoms with Crippen LogP contribution in [0.4, 0.5) is 10.1 Å². The van der Waals surface area contributed by atoms with Crippen molar-refractivity contribution in [3.63, 3.8) is 0 Å². The van der Waals surface area contributed by atoms with Gasteiger partial charge in [-0.3, -0.25) is 14.5 Å². The van der Waals surface area contributed by atoms with Crippen molar-refractivity contribution in [2.75, 3.05) is 25.0 Å². The van der Waals surface area contributed by atoms with Crippen LogP contribution in [0.2, 0.25) is 0 Å². The molecule has 1 fully saturated rings. The van der Waals surface area contributed by atoms with Gasteiger partial charge in [-0.1, -0.05) is 18.2 Å². The SMILES string of the molecule is CC(=O)Nc1cccc(OCC(=O)N2CC(C)N(Cc3ccc(F)cc3)CC2C)c1. The summed E-state index contributed by atoms with van der Waals surface area (Å²) in [4.78, 5) is 28.1. The fourth-order valence-corrected chi connectivity index (χ4v) is 3.69. The number of rotatable bonds is 6. The van der Waals surface area contributed by atoms with E-state index < -0.39 is 0 Å². The molecule has 0 radical (unpaired) electrons. The van der Waals surface area contributed by atoms with Gasteiger partial charge < -0.3 is 15.0 Å². The minimum atomic E-state index is -0.238. The third-order valence-electron chi connectivity index (χ3n) is 5.25. The van der Waals surface area contributed by atoms with Crippen LogP contribution >= 0.6 is 0 Å². The first-order chi connectivity index (χ1) is 14.3. The summed E-state index contributed by atoms with van der Waals surface area (Å²) < 4.78 is 18.8. The Labute approximate surface area is 176 Å². The summed E-state index contributed by atoms with van der Waals surface area (Å²) in [5.41, 5.74) is 1.68. The fraction of sp³-hybridized carbons (Fsp3) is 0.391. The molecule has 160 valence electrons. The summed E-state index contributed by atoms with van der Waals surface area (Å²) in [6.45, 7) is 7.57. The first-order valence-electron chi connectivity index (χ1n) is 10.1. The number of hydrogen-bond acceptors (Lipinski definition) is 4. The average Bonchev–Trinajstić information content (AvgIpc) is 2.70. The second-order valence-electron chi connectivity index (χ2n) is 7.80. The zero-order valence-corrected chi connectivity index (χ0v) is 17.6. The molecule has 1 heterocycles. The Balaban J connectivity index is 1.54. The molecule has 2 aromatic rings. The molecule has 1 aliphatic heterocycles. The lowest BCUT2D eigenvalue weighted by molar-refractivity contribution is -0.139. The minimum absolute atomic E-state index is 0.0449. The normalized spacial score (nSPS) is 19.4. The first kappa shape index (κ1) is 21.8. The van der Waals surface area contributed by atoms with Gasteiger partial charge in [0.1, 0.15) is 11.6 Å². The lowest BCUT2D eigenvalue weighted by Crippen LogP contribution is -2.58. The van der Waals surface area contributed by atoms with Crippen molar-refractivity contribution in [1.82, 2.24) is 9.80 Å². The molecule has 0 saturated carbocycles. The highest BCUT2D eigenvalue weighted by Crippen LogP contribution is 2.20. The van der Waals surface area contributed by atoms with Crippen LogP contribution < -0.4 is 10.1 Å². The Morgan fingerprint density at radius 2 is 1.83 bits per heavy atom. The molecule has 0 aromatic heterocycles. The van der Waals surface area contributed by atoms with E-state index in [0.717, 1.165) is 18.7 Å². The topological polar surface area (TPSA) is 61.9 Å². The summed E-state index contributed by atoms with van der Waals surface area (Å²) in [5, 5.41) is 2.70. The number of nitrogens with zero attached hydrogens (tertiary/aromatic N) is 2. The summed E-state index contributed by atoms with van der Waals surface area (Å²) >= 11 is 0. The number of ether oxygens (including phenoxy) is 1. The van der Waals surface area contributed by atoms with E-state index in [4.69, 9.17) is 4.74 Å². The van der Waals surface area contributed by atoms with Gasteiger partial charge in [-0.05, 0) is 43.7 Å². The van der Waals surface area contributed by atoms with E-state index in [1.165, 1.54) is 19.1 Å². The number of benzene rings is 2. The highest BCUT2D eigenvalue weighted by Gasteiger charge is 2.32. The van der Waals surface area contributed by atoms with Crippen LogP contribution in [0.25, 0.3) is 0 Å². The zero-order valence-electron chi connectivity index (χ0n) is 17.6. The predicted octanol–water partition coefficient (Wildman–Crippen LogP) is 3.28. The summed E-state index contributed by atoms with van der Waals surface area (Å²) in [6, 6.07) is 13.8. The summed E-state index contributed by atoms with van der Waals surface area (Å²) in [7, 11) is 0. The van der Waals surface area contributed by atoms with E-state index in [1.807, 2.05) is 11.8 Å². The smallest absolute Gasteiger partial charge is 0.260 e. The van der Waals surface area contributed by atoms with Crippen LogP contribution in [0, 0.1) is 5.82 Å². The van der Waals surface area contributed by atoms with Crippen LogP contribution in [0.15, 0.2) is 48.5 Å². The molecule has 1 saturated heterocycles. The van der Waals surface area contributed by atoms with Crippen molar-refractivity contribution < 1.29 is 18.7 Å². The Hall–Kier alpha value is -2.93. The number of nitrogens with one attached hydrogen (secondary N) is 1. The van der Waals surface area contributed by atoms with Crippen molar-refractivity contribution in [2.24, 2.45) is 0 Å². The quantitative estimate of drug-likeness (QED) is 0.790. The maximum atomic E-state index is 13.1. The lowest BCUT2D eigenvalue weighted by atomic mass is 10.1. The van der Waals surface area contributed by atoms with Crippen molar-refractivity contribution in [1.29, 1.82) is 0 Å². The first-order valence-corrected chi connectivity index (χ1v) is 10.1. The van der Waals surface area contributed by atoms with E-state index in [9.17, 15) is 14.0 Å². The Bertz CT molecular complexity index is 888. The monoisotopic (exact) mass is 413 g/mol. The number of carbonyl (C=O) groups excluding carboxylic acids is 2. The van der Waals surface area contributed by atoms with Gasteiger partial charge in [0.05, 0.1) is 0 Å². The summed E-state index contributed by atoms with van der Waals surface area (Å²) in [5.74, 6) is 0.0636. The second kappa shape index (κ2) is 9.71. The molecule has 30 heavy (non-hydrogen) atoms. The molecule has 0 aliphatic carbocycles. The van der Waals surface area contributed by atoms with Crippen LogP contribution in [0.1, 0.15) is 26.3 Å². The van der Waals surface area contributed by atoms with Gasteiger partial charge in [0.25, 0.3) is 5.91 Å². The summed E-state index contributed by atoms with van der Waals surface area (Å²) in [6.07, 6.45) is 0. The Kier molecular flexibility index (Phi) is 7.05. The van der Waals surface area contributed by atoms with E-state index in [1.54, 1.807) is 36.4 Å². The highest BCUT2D eigenvalue weighted by atomic mass is 19.1. The molecule has 7 heteroatoms. The highest BCUT2D eigenvalue weighted by molar-refractivity contribution is 5.88. The average molecular weight is 413 g/mol. The third kappa shape index (κ3) is 5.79. The van der Waals surface area contributed by atoms with Gasteiger partial charge in [-0.2, -0.15) is 0 Å². The molecule has 1 N–H and O–H groups in total. The molecular formula is C23H28FN3O3. The van der Waals surface area contributed by atoms with Crippen molar-refractivity contribution in [3.8, 4) is 5.75 Å². The molecular weight excluding hydrogens is 385 g/mol. The molecule has 3 rings (SSSR count). The number of amides is 2. The van der Waals surface area contributed by atoms with Crippen LogP contribution in [-0.2, 0) is 16.1 Å². The largest absolute Gasteiger partial charge is 0.484 e. The number of hydrogen-bond donors (Lipinski definition) is 1. The standard InChI is InChI=1S/C23H28FN3O3/c1-16-13-27(17(2)12-26(16)14-19-7-9-20(24)10-8-19)23(29)15-30-22-6-4-5-21(11-22)25-18(3)28/h4-11,16-17H,12-15H2,1-3H3,(H,25,28). The molecule has 6 nitrogen and oxygen atoms in total. The number of piperazine rings is 1. The molecule has 2 atom stereocenters. The molecule has 2 amide bonds. The predicted molar refractivity (Wildman–Crippen MR) is 114 cm³/mol. The lowest BCUT2D eigenvalue weighted by Gasteiger charge is -2.44. The van der Waals surface area contributed by atoms with Crippen molar-refractivity contribution >= 4 is 17.5 Å². The van der Waals surface area contributed by atoms with Gasteiger partial charge in [-0.25, -0.2) is 4.39 Å². The van der Waals surface area contributed by atoms with Crippen molar-refractivity contribution in [2.45, 2.75) is 39.4 Å². The Morgan fingerprint density at radius 3 is 2.53 bits per heavy atom. The maximum absolute atomic E-state index is 13.1.